The number of H-pyrrole nitrogens is 1. The first kappa shape index (κ1) is 33.2. The molecule has 2 aliphatic carbocycles. The van der Waals surface area contributed by atoms with Gasteiger partial charge in [-0.2, -0.15) is 23.3 Å². The van der Waals surface area contributed by atoms with E-state index in [-0.39, 0.29) is 28.5 Å². The van der Waals surface area contributed by atoms with Crippen LogP contribution in [0, 0.1) is 18.3 Å². The molecule has 0 atom stereocenters. The first-order chi connectivity index (χ1) is 25.5. The summed E-state index contributed by atoms with van der Waals surface area (Å²) in [6, 6.07) is 6.10. The number of hydrogen-bond donors (Lipinski definition) is 1. The van der Waals surface area contributed by atoms with E-state index in [2.05, 4.69) is 37.5 Å². The summed E-state index contributed by atoms with van der Waals surface area (Å²) in [5.74, 6) is 2.43. The van der Waals surface area contributed by atoms with E-state index in [1.807, 2.05) is 24.0 Å². The third kappa shape index (κ3) is 5.63. The molecule has 6 heterocycles. The van der Waals surface area contributed by atoms with Gasteiger partial charge < -0.3 is 19.4 Å². The maximum atomic E-state index is 14.1. The number of rotatable bonds is 9. The van der Waals surface area contributed by atoms with Crippen LogP contribution in [0.2, 0.25) is 0 Å². The van der Waals surface area contributed by atoms with Gasteiger partial charge in [-0.3, -0.25) is 14.8 Å². The average molecular weight is 727 g/mol. The van der Waals surface area contributed by atoms with Gasteiger partial charge in [-0.25, -0.2) is 4.98 Å². The highest BCUT2D eigenvalue weighted by molar-refractivity contribution is 6.06. The molecule has 2 aromatic carbocycles. The predicted octanol–water partition coefficient (Wildman–Crippen LogP) is 6.59. The second-order valence-corrected chi connectivity index (χ2v) is 16.8. The minimum atomic E-state index is -4.54. The number of carbonyl (C=O) groups is 1. The van der Waals surface area contributed by atoms with Crippen molar-refractivity contribution >= 4 is 39.5 Å². The molecule has 53 heavy (non-hydrogen) atoms. The van der Waals surface area contributed by atoms with Gasteiger partial charge in [-0.05, 0) is 98.6 Å². The Balaban J connectivity index is 1.11. The molecule has 0 unspecified atom stereocenters. The van der Waals surface area contributed by atoms with E-state index in [0.29, 0.717) is 17.0 Å². The second kappa shape index (κ2) is 11.8. The minimum Gasteiger partial charge on any atom is -0.481 e. The number of likely N-dealkylation sites (tertiary alicyclic amines) is 2. The van der Waals surface area contributed by atoms with Crippen LogP contribution in [0.25, 0.3) is 32.9 Å². The molecule has 0 radical (unpaired) electrons. The van der Waals surface area contributed by atoms with Crippen molar-refractivity contribution in [3.8, 4) is 16.9 Å². The first-order valence-corrected chi connectivity index (χ1v) is 19.2. The highest BCUT2D eigenvalue weighted by Gasteiger charge is 2.55. The normalized spacial score (nSPS) is 22.3. The Morgan fingerprint density at radius 2 is 1.77 bits per heavy atom. The maximum Gasteiger partial charge on any atom is 0.422 e. The van der Waals surface area contributed by atoms with Crippen LogP contribution in [0.4, 0.5) is 24.9 Å². The summed E-state index contributed by atoms with van der Waals surface area (Å²) in [6.45, 7) is 11.0. The Bertz CT molecular complexity index is 2140. The molecule has 4 saturated heterocycles. The Labute approximate surface area is 306 Å². The van der Waals surface area contributed by atoms with Crippen LogP contribution < -0.4 is 14.5 Å². The van der Waals surface area contributed by atoms with Crippen LogP contribution in [0.5, 0.6) is 5.75 Å². The largest absolute Gasteiger partial charge is 0.481 e. The lowest BCUT2D eigenvalue weighted by molar-refractivity contribution is -0.153. The Morgan fingerprint density at radius 3 is 2.43 bits per heavy atom. The summed E-state index contributed by atoms with van der Waals surface area (Å²) in [5.41, 5.74) is 4.84. The van der Waals surface area contributed by atoms with Gasteiger partial charge in [0.25, 0.3) is 0 Å². The molecule has 6 aliphatic rings. The predicted molar refractivity (Wildman–Crippen MR) is 197 cm³/mol. The second-order valence-electron chi connectivity index (χ2n) is 16.8. The molecular formula is C40H45F3N8O2. The molecule has 1 N–H and O–H groups in total. The van der Waals surface area contributed by atoms with E-state index in [9.17, 15) is 18.0 Å². The fourth-order valence-electron chi connectivity index (χ4n) is 9.54. The SMILES string of the molecule is C=CC(=O)N1CC2(CCN(c3nc(N4CC5(CCN5CC5CC5)C4)nc4c(OCC(F)(F)F)c(-c5c(C)ccc6[nH]ncc56)c(C5CC5)cc34)CC2)C1. The number of hydrogen-bond acceptors (Lipinski definition) is 8. The Hall–Kier alpha value is -4.39. The maximum absolute atomic E-state index is 14.1. The van der Waals surface area contributed by atoms with Crippen LogP contribution in [0.1, 0.15) is 62.0 Å². The van der Waals surface area contributed by atoms with Gasteiger partial charge in [0.2, 0.25) is 11.9 Å². The van der Waals surface area contributed by atoms with Gasteiger partial charge in [-0.15, -0.1) is 0 Å². The molecule has 4 aromatic rings. The van der Waals surface area contributed by atoms with Crippen molar-refractivity contribution in [3.05, 3.63) is 48.2 Å². The Morgan fingerprint density at radius 1 is 1.00 bits per heavy atom. The number of alkyl halides is 3. The highest BCUT2D eigenvalue weighted by Crippen LogP contribution is 2.54. The number of aromatic amines is 1. The van der Waals surface area contributed by atoms with Crippen molar-refractivity contribution in [2.75, 3.05) is 68.8 Å². The summed E-state index contributed by atoms with van der Waals surface area (Å²) in [6.07, 6.45) is 6.03. The quantitative estimate of drug-likeness (QED) is 0.193. The van der Waals surface area contributed by atoms with E-state index >= 15 is 0 Å². The summed E-state index contributed by atoms with van der Waals surface area (Å²) in [5, 5.41) is 8.93. The molecular weight excluding hydrogens is 681 g/mol. The third-order valence-electron chi connectivity index (χ3n) is 13.0. The van der Waals surface area contributed by atoms with E-state index in [1.165, 1.54) is 18.9 Å². The summed E-state index contributed by atoms with van der Waals surface area (Å²) in [7, 11) is 0. The van der Waals surface area contributed by atoms with Gasteiger partial charge in [0.15, 0.2) is 12.4 Å². The number of fused-ring (bicyclic) bond motifs is 2. The number of carbonyl (C=O) groups excluding carboxylic acids is 1. The number of nitrogens with zero attached hydrogens (tertiary/aromatic N) is 7. The van der Waals surface area contributed by atoms with Crippen LogP contribution in [-0.2, 0) is 4.79 Å². The molecule has 0 bridgehead atoms. The van der Waals surface area contributed by atoms with Crippen molar-refractivity contribution in [1.82, 2.24) is 30.0 Å². The zero-order valence-corrected chi connectivity index (χ0v) is 30.1. The van der Waals surface area contributed by atoms with E-state index in [1.54, 1.807) is 6.20 Å². The topological polar surface area (TPSA) is 93.7 Å². The molecule has 13 heteroatoms. The van der Waals surface area contributed by atoms with Gasteiger partial charge in [0, 0.05) is 74.1 Å². The highest BCUT2D eigenvalue weighted by atomic mass is 19.4. The van der Waals surface area contributed by atoms with Crippen molar-refractivity contribution in [2.24, 2.45) is 11.3 Å². The fourth-order valence-corrected chi connectivity index (χ4v) is 9.54. The number of piperidine rings is 1. The first-order valence-electron chi connectivity index (χ1n) is 19.2. The smallest absolute Gasteiger partial charge is 0.422 e. The average Bonchev–Trinajstić information content (AvgIpc) is 4.05. The lowest BCUT2D eigenvalue weighted by atomic mass is 9.72. The lowest BCUT2D eigenvalue weighted by Crippen LogP contribution is -2.77. The fraction of sp³-hybridized carbons (Fsp3) is 0.550. The number of ether oxygens (including phenoxy) is 1. The molecule has 10 nitrogen and oxygen atoms in total. The van der Waals surface area contributed by atoms with Gasteiger partial charge >= 0.3 is 6.18 Å². The summed E-state index contributed by atoms with van der Waals surface area (Å²) < 4.78 is 48.4. The number of nitrogens with one attached hydrogen (secondary N) is 1. The minimum absolute atomic E-state index is 0.0323. The summed E-state index contributed by atoms with van der Waals surface area (Å²) in [4.78, 5) is 31.7. The van der Waals surface area contributed by atoms with Crippen LogP contribution in [-0.4, -0.2) is 107 Å². The van der Waals surface area contributed by atoms with Gasteiger partial charge in [0.05, 0.1) is 17.3 Å². The number of benzene rings is 2. The molecule has 4 aliphatic heterocycles. The standard InChI is InChI=1S/C40H45F3N8O2/c1-3-31(52)49-19-38(20-49)10-13-48(14-11-38)36-28-16-27(26-7-8-26)33(32-24(2)4-9-30-29(32)17-44-47-30)35(53-23-40(41,42)43)34(28)45-37(46-36)50-21-39(22-50)12-15-51(39)18-25-5-6-25/h3-4,9,16-17,25-26H,1,5-8,10-15,18-23H2,2H3,(H,44,47). The molecule has 278 valence electrons. The number of aryl methyl sites for hydroxylation is 1. The Kier molecular flexibility index (Phi) is 7.39. The van der Waals surface area contributed by atoms with Crippen molar-refractivity contribution in [2.45, 2.75) is 69.5 Å². The molecule has 2 aromatic heterocycles. The molecule has 1 amide bonds. The van der Waals surface area contributed by atoms with Crippen molar-refractivity contribution < 1.29 is 22.7 Å². The number of halogens is 3. The van der Waals surface area contributed by atoms with Crippen molar-refractivity contribution in [3.63, 3.8) is 0 Å². The van der Waals surface area contributed by atoms with E-state index in [4.69, 9.17) is 14.7 Å². The molecule has 10 rings (SSSR count). The zero-order chi connectivity index (χ0) is 36.3. The molecule has 6 fully saturated rings. The van der Waals surface area contributed by atoms with E-state index < -0.39 is 12.8 Å². The molecule has 2 saturated carbocycles. The number of aromatic nitrogens is 4. The number of anilines is 2. The third-order valence-corrected chi connectivity index (χ3v) is 13.0. The van der Waals surface area contributed by atoms with Crippen LogP contribution >= 0.6 is 0 Å². The monoisotopic (exact) mass is 726 g/mol. The van der Waals surface area contributed by atoms with Gasteiger partial charge in [0.1, 0.15) is 11.3 Å². The lowest BCUT2D eigenvalue weighted by Gasteiger charge is -2.63. The van der Waals surface area contributed by atoms with Crippen molar-refractivity contribution in [1.29, 1.82) is 0 Å². The van der Waals surface area contributed by atoms with Crippen LogP contribution in [0.15, 0.2) is 37.1 Å². The van der Waals surface area contributed by atoms with Gasteiger partial charge in [-0.1, -0.05) is 12.6 Å². The molecule has 2 spiro atoms. The zero-order valence-electron chi connectivity index (χ0n) is 30.1. The number of amides is 1. The summed E-state index contributed by atoms with van der Waals surface area (Å²) >= 11 is 0. The van der Waals surface area contributed by atoms with E-state index in [0.717, 1.165) is 129 Å². The van der Waals surface area contributed by atoms with Crippen LogP contribution in [0.3, 0.4) is 0 Å².